The maximum atomic E-state index is 13.6. The lowest BCUT2D eigenvalue weighted by Gasteiger charge is -2.33. The van der Waals surface area contributed by atoms with E-state index in [0.717, 1.165) is 17.4 Å². The van der Waals surface area contributed by atoms with Crippen molar-refractivity contribution in [2.75, 3.05) is 19.3 Å². The molecule has 9 heteroatoms. The zero-order chi connectivity index (χ0) is 29.9. The van der Waals surface area contributed by atoms with Crippen LogP contribution in [0.25, 0.3) is 0 Å². The molecule has 2 N–H and O–H groups in total. The van der Waals surface area contributed by atoms with Gasteiger partial charge in [0.2, 0.25) is 15.9 Å². The van der Waals surface area contributed by atoms with E-state index in [1.165, 1.54) is 4.31 Å². The minimum atomic E-state index is -3.58. The number of hydrogen-bond donors (Lipinski definition) is 2. The van der Waals surface area contributed by atoms with Gasteiger partial charge in [-0.3, -0.25) is 9.59 Å². The average Bonchev–Trinajstić information content (AvgIpc) is 2.87. The molecule has 0 bridgehead atoms. The lowest BCUT2D eigenvalue weighted by atomic mass is 9.78. The van der Waals surface area contributed by atoms with Gasteiger partial charge in [0.1, 0.15) is 6.61 Å². The first kappa shape index (κ1) is 33.5. The van der Waals surface area contributed by atoms with Gasteiger partial charge in [-0.1, -0.05) is 95.3 Å². The van der Waals surface area contributed by atoms with Crippen molar-refractivity contribution in [3.63, 3.8) is 0 Å². The van der Waals surface area contributed by atoms with Gasteiger partial charge in [-0.25, -0.2) is 8.42 Å². The molecule has 1 amide bonds. The zero-order valence-corrected chi connectivity index (χ0v) is 25.5. The van der Waals surface area contributed by atoms with Gasteiger partial charge in [0.25, 0.3) is 0 Å². The van der Waals surface area contributed by atoms with Crippen LogP contribution in [-0.4, -0.2) is 61.2 Å². The van der Waals surface area contributed by atoms with Crippen LogP contribution in [0.15, 0.2) is 60.7 Å². The monoisotopic (exact) mass is 574 g/mol. The molecular formula is C31H46N2O6S. The third kappa shape index (κ3) is 11.8. The topological polar surface area (TPSA) is 113 Å². The summed E-state index contributed by atoms with van der Waals surface area (Å²) in [5, 5.41) is 14.2. The van der Waals surface area contributed by atoms with E-state index in [4.69, 9.17) is 4.74 Å². The Hall–Kier alpha value is -2.75. The molecule has 0 aliphatic rings. The molecule has 0 fully saturated rings. The Morgan fingerprint density at radius 2 is 1.52 bits per heavy atom. The third-order valence-corrected chi connectivity index (χ3v) is 8.15. The highest BCUT2D eigenvalue weighted by Gasteiger charge is 2.36. The number of hydrogen-bond acceptors (Lipinski definition) is 6. The van der Waals surface area contributed by atoms with Gasteiger partial charge in [0, 0.05) is 13.1 Å². The molecule has 2 aromatic rings. The molecule has 0 saturated carbocycles. The number of ether oxygens (including phenoxy) is 1. The molecule has 0 radical (unpaired) electrons. The maximum absolute atomic E-state index is 13.6. The SMILES string of the molecule is CC(C)CCN(C[C@@H](O)[C@H](Cc1ccccc1)NC(=O)[C@@H](CC(=O)OCc1ccccc1)C(C)(C)C)S(C)(=O)=O. The molecule has 8 nitrogen and oxygen atoms in total. The second kappa shape index (κ2) is 15.3. The summed E-state index contributed by atoms with van der Waals surface area (Å²) in [7, 11) is -3.58. The molecule has 222 valence electrons. The van der Waals surface area contributed by atoms with Gasteiger partial charge >= 0.3 is 5.97 Å². The van der Waals surface area contributed by atoms with Crippen molar-refractivity contribution >= 4 is 21.9 Å². The molecule has 0 aliphatic carbocycles. The Balaban J connectivity index is 2.21. The highest BCUT2D eigenvalue weighted by Crippen LogP contribution is 2.30. The fraction of sp³-hybridized carbons (Fsp3) is 0.548. The smallest absolute Gasteiger partial charge is 0.306 e. The van der Waals surface area contributed by atoms with Gasteiger partial charge in [-0.15, -0.1) is 0 Å². The fourth-order valence-corrected chi connectivity index (χ4v) is 5.18. The number of carbonyl (C=O) groups is 2. The highest BCUT2D eigenvalue weighted by atomic mass is 32.2. The van der Waals surface area contributed by atoms with Crippen molar-refractivity contribution < 1.29 is 27.9 Å². The Bertz CT molecular complexity index is 1160. The minimum absolute atomic E-state index is 0.116. The van der Waals surface area contributed by atoms with Crippen LogP contribution in [0, 0.1) is 17.3 Å². The number of esters is 1. The minimum Gasteiger partial charge on any atom is -0.461 e. The predicted octanol–water partition coefficient (Wildman–Crippen LogP) is 4.18. The van der Waals surface area contributed by atoms with Crippen LogP contribution in [0.1, 0.15) is 58.6 Å². The summed E-state index contributed by atoms with van der Waals surface area (Å²) >= 11 is 0. The standard InChI is InChI=1S/C31H46N2O6S/c1-23(2)17-18-33(40(6,37)38)21-28(34)27(19-24-13-9-7-10-14-24)32-30(36)26(31(3,4)5)20-29(35)39-22-25-15-11-8-12-16-25/h7-16,23,26-28,34H,17-22H2,1-6H3,(H,32,36)/t26-,27+,28-/m1/s1. The van der Waals surface area contributed by atoms with Gasteiger partial charge in [-0.2, -0.15) is 4.31 Å². The van der Waals surface area contributed by atoms with Crippen molar-refractivity contribution in [3.05, 3.63) is 71.8 Å². The number of nitrogens with one attached hydrogen (secondary N) is 1. The van der Waals surface area contributed by atoms with E-state index < -0.39 is 45.4 Å². The molecule has 2 rings (SSSR count). The molecule has 0 aromatic heterocycles. The summed E-state index contributed by atoms with van der Waals surface area (Å²) in [5.74, 6) is -1.32. The molecule has 0 spiro atoms. The third-order valence-electron chi connectivity index (χ3n) is 6.88. The van der Waals surface area contributed by atoms with E-state index in [1.54, 1.807) is 0 Å². The molecule has 0 unspecified atom stereocenters. The number of amides is 1. The van der Waals surface area contributed by atoms with Crippen molar-refractivity contribution in [3.8, 4) is 0 Å². The van der Waals surface area contributed by atoms with Crippen molar-refractivity contribution in [1.29, 1.82) is 0 Å². The van der Waals surface area contributed by atoms with Gasteiger partial charge < -0.3 is 15.2 Å². The van der Waals surface area contributed by atoms with E-state index in [0.29, 0.717) is 12.8 Å². The van der Waals surface area contributed by atoms with Crippen LogP contribution in [0.5, 0.6) is 0 Å². The number of aliphatic hydroxyl groups excluding tert-OH is 1. The first-order valence-corrected chi connectivity index (χ1v) is 15.7. The summed E-state index contributed by atoms with van der Waals surface area (Å²) in [6, 6.07) is 17.9. The predicted molar refractivity (Wildman–Crippen MR) is 158 cm³/mol. The molecule has 0 heterocycles. The molecular weight excluding hydrogens is 528 g/mol. The maximum Gasteiger partial charge on any atom is 0.306 e. The quantitative estimate of drug-likeness (QED) is 0.309. The number of nitrogens with zero attached hydrogens (tertiary/aromatic N) is 1. The molecule has 2 aromatic carbocycles. The lowest BCUT2D eigenvalue weighted by Crippen LogP contribution is -2.53. The van der Waals surface area contributed by atoms with Crippen LogP contribution in [-0.2, 0) is 37.4 Å². The Morgan fingerprint density at radius 3 is 2.02 bits per heavy atom. The van der Waals surface area contributed by atoms with Crippen LogP contribution in [0.4, 0.5) is 0 Å². The number of benzene rings is 2. The van der Waals surface area contributed by atoms with Gasteiger partial charge in [0.15, 0.2) is 0 Å². The highest BCUT2D eigenvalue weighted by molar-refractivity contribution is 7.88. The summed E-state index contributed by atoms with van der Waals surface area (Å²) in [5.41, 5.74) is 1.16. The summed E-state index contributed by atoms with van der Waals surface area (Å²) in [4.78, 5) is 26.4. The Labute approximate surface area is 240 Å². The average molecular weight is 575 g/mol. The van der Waals surface area contributed by atoms with Crippen LogP contribution >= 0.6 is 0 Å². The molecule has 40 heavy (non-hydrogen) atoms. The number of sulfonamides is 1. The van der Waals surface area contributed by atoms with E-state index >= 15 is 0 Å². The van der Waals surface area contributed by atoms with E-state index in [-0.39, 0.29) is 32.0 Å². The van der Waals surface area contributed by atoms with Crippen molar-refractivity contribution in [2.45, 2.75) is 72.6 Å². The van der Waals surface area contributed by atoms with E-state index in [2.05, 4.69) is 5.32 Å². The molecule has 0 aliphatic heterocycles. The largest absolute Gasteiger partial charge is 0.461 e. The number of aliphatic hydroxyl groups is 1. The van der Waals surface area contributed by atoms with Crippen molar-refractivity contribution in [2.24, 2.45) is 17.3 Å². The van der Waals surface area contributed by atoms with E-state index in [9.17, 15) is 23.1 Å². The van der Waals surface area contributed by atoms with Crippen molar-refractivity contribution in [1.82, 2.24) is 9.62 Å². The number of carbonyl (C=O) groups excluding carboxylic acids is 2. The van der Waals surface area contributed by atoms with Crippen LogP contribution < -0.4 is 5.32 Å². The van der Waals surface area contributed by atoms with E-state index in [1.807, 2.05) is 95.3 Å². The summed E-state index contributed by atoms with van der Waals surface area (Å²) in [6.45, 7) is 9.88. The lowest BCUT2D eigenvalue weighted by molar-refractivity contribution is -0.150. The fourth-order valence-electron chi connectivity index (χ4n) is 4.32. The molecule has 3 atom stereocenters. The Kier molecular flexibility index (Phi) is 12.8. The normalized spacial score (nSPS) is 14.5. The Morgan fingerprint density at radius 1 is 0.975 bits per heavy atom. The van der Waals surface area contributed by atoms with Gasteiger partial charge in [0.05, 0.1) is 30.7 Å². The first-order valence-electron chi connectivity index (χ1n) is 13.8. The van der Waals surface area contributed by atoms with Crippen LogP contribution in [0.3, 0.4) is 0 Å². The van der Waals surface area contributed by atoms with Gasteiger partial charge in [-0.05, 0) is 35.3 Å². The molecule has 0 saturated heterocycles. The van der Waals surface area contributed by atoms with Crippen LogP contribution in [0.2, 0.25) is 0 Å². The second-order valence-electron chi connectivity index (χ2n) is 11.9. The summed E-state index contributed by atoms with van der Waals surface area (Å²) < 4.78 is 31.7. The zero-order valence-electron chi connectivity index (χ0n) is 24.7. The summed E-state index contributed by atoms with van der Waals surface area (Å²) in [6.07, 6.45) is 0.774. The second-order valence-corrected chi connectivity index (χ2v) is 13.9. The first-order chi connectivity index (χ1) is 18.7. The number of rotatable bonds is 15.